The molecule has 6 nitrogen and oxygen atoms in total. The molecule has 1 aliphatic heterocycles. The highest BCUT2D eigenvalue weighted by Gasteiger charge is 2.31. The highest BCUT2D eigenvalue weighted by molar-refractivity contribution is 5.83. The number of benzene rings is 1. The van der Waals surface area contributed by atoms with Crippen LogP contribution >= 0.6 is 0 Å². The second-order valence-corrected chi connectivity index (χ2v) is 6.23. The van der Waals surface area contributed by atoms with Gasteiger partial charge in [-0.1, -0.05) is 17.7 Å². The maximum absolute atomic E-state index is 12.0. The van der Waals surface area contributed by atoms with Crippen LogP contribution in [0.5, 0.6) is 5.75 Å². The van der Waals surface area contributed by atoms with E-state index in [0.717, 1.165) is 29.7 Å². The number of carbonyl (C=O) groups is 2. The second-order valence-electron chi connectivity index (χ2n) is 6.23. The minimum atomic E-state index is -1.02. The molecule has 2 N–H and O–H groups in total. The molecule has 0 aliphatic carbocycles. The Morgan fingerprint density at radius 2 is 2.21 bits per heavy atom. The summed E-state index contributed by atoms with van der Waals surface area (Å²) >= 11 is 0. The fourth-order valence-electron chi connectivity index (χ4n) is 2.87. The average molecular weight is 335 g/mol. The summed E-state index contributed by atoms with van der Waals surface area (Å²) in [6.45, 7) is 5.19. The van der Waals surface area contributed by atoms with Crippen molar-refractivity contribution in [1.82, 2.24) is 5.32 Å². The van der Waals surface area contributed by atoms with E-state index in [1.54, 1.807) is 0 Å². The smallest absolute Gasteiger partial charge is 0.326 e. The maximum atomic E-state index is 12.0. The Kier molecular flexibility index (Phi) is 6.61. The highest BCUT2D eigenvalue weighted by atomic mass is 16.5. The molecule has 2 atom stereocenters. The Morgan fingerprint density at radius 3 is 2.83 bits per heavy atom. The van der Waals surface area contributed by atoms with Crippen molar-refractivity contribution in [2.75, 3.05) is 19.8 Å². The standard InChI is InChI=1S/C18H25NO5/c1-12-5-6-15(13(2)10-12)24-9-7-16(20)19-17(18(21)22)14-4-3-8-23-11-14/h5-6,10,14,17H,3-4,7-9,11H2,1-2H3,(H,19,20)(H,21,22). The molecule has 1 amide bonds. The van der Waals surface area contributed by atoms with E-state index in [4.69, 9.17) is 9.47 Å². The molecule has 2 rings (SSSR count). The van der Waals surface area contributed by atoms with Crippen LogP contribution < -0.4 is 10.1 Å². The van der Waals surface area contributed by atoms with Gasteiger partial charge in [0.1, 0.15) is 11.8 Å². The molecule has 1 saturated heterocycles. The molecule has 1 aliphatic rings. The highest BCUT2D eigenvalue weighted by Crippen LogP contribution is 2.19. The molecule has 1 fully saturated rings. The minimum absolute atomic E-state index is 0.116. The van der Waals surface area contributed by atoms with Crippen LogP contribution in [-0.4, -0.2) is 42.8 Å². The van der Waals surface area contributed by atoms with Gasteiger partial charge in [0.05, 0.1) is 19.6 Å². The van der Waals surface area contributed by atoms with Crippen molar-refractivity contribution in [3.63, 3.8) is 0 Å². The first-order valence-corrected chi connectivity index (χ1v) is 8.27. The van der Waals surface area contributed by atoms with Gasteiger partial charge < -0.3 is 19.9 Å². The summed E-state index contributed by atoms with van der Waals surface area (Å²) < 4.78 is 10.9. The van der Waals surface area contributed by atoms with Gasteiger partial charge in [-0.15, -0.1) is 0 Å². The molecule has 132 valence electrons. The zero-order chi connectivity index (χ0) is 17.5. The number of hydrogen-bond acceptors (Lipinski definition) is 4. The number of carboxylic acid groups (broad SMARTS) is 1. The molecule has 6 heteroatoms. The summed E-state index contributed by atoms with van der Waals surface area (Å²) in [6, 6.07) is 4.94. The summed E-state index contributed by atoms with van der Waals surface area (Å²) in [5.41, 5.74) is 2.16. The molecule has 0 radical (unpaired) electrons. The molecular weight excluding hydrogens is 310 g/mol. The largest absolute Gasteiger partial charge is 0.493 e. The molecule has 0 bridgehead atoms. The normalized spacial score (nSPS) is 18.7. The lowest BCUT2D eigenvalue weighted by Crippen LogP contribution is -2.48. The summed E-state index contributed by atoms with van der Waals surface area (Å²) in [7, 11) is 0. The van der Waals surface area contributed by atoms with Gasteiger partial charge in [-0.05, 0) is 38.3 Å². The van der Waals surface area contributed by atoms with Gasteiger partial charge in [-0.3, -0.25) is 4.79 Å². The Hall–Kier alpha value is -2.08. The number of nitrogens with one attached hydrogen (secondary N) is 1. The van der Waals surface area contributed by atoms with Gasteiger partial charge in [0.25, 0.3) is 0 Å². The molecule has 24 heavy (non-hydrogen) atoms. The zero-order valence-corrected chi connectivity index (χ0v) is 14.2. The molecule has 0 aromatic heterocycles. The molecule has 2 unspecified atom stereocenters. The average Bonchev–Trinajstić information content (AvgIpc) is 2.55. The van der Waals surface area contributed by atoms with Gasteiger partial charge in [0, 0.05) is 12.5 Å². The van der Waals surface area contributed by atoms with Crippen LogP contribution in [-0.2, 0) is 14.3 Å². The van der Waals surface area contributed by atoms with Crippen LogP contribution in [0.3, 0.4) is 0 Å². The van der Waals surface area contributed by atoms with Crippen molar-refractivity contribution in [2.24, 2.45) is 5.92 Å². The number of ether oxygens (including phenoxy) is 2. The Labute approximate surface area is 142 Å². The van der Waals surface area contributed by atoms with E-state index >= 15 is 0 Å². The minimum Gasteiger partial charge on any atom is -0.493 e. The van der Waals surface area contributed by atoms with Crippen LogP contribution in [0.25, 0.3) is 0 Å². The number of carboxylic acids is 1. The fourth-order valence-corrected chi connectivity index (χ4v) is 2.87. The summed E-state index contributed by atoms with van der Waals surface area (Å²) in [5, 5.41) is 11.9. The first kappa shape index (κ1) is 18.3. The molecule has 0 spiro atoms. The molecule has 1 heterocycles. The van der Waals surface area contributed by atoms with E-state index in [2.05, 4.69) is 5.32 Å². The van der Waals surface area contributed by atoms with Gasteiger partial charge in [0.2, 0.25) is 5.91 Å². The van der Waals surface area contributed by atoms with E-state index < -0.39 is 12.0 Å². The van der Waals surface area contributed by atoms with E-state index in [1.165, 1.54) is 0 Å². The summed E-state index contributed by atoms with van der Waals surface area (Å²) in [5.74, 6) is -0.781. The molecule has 0 saturated carbocycles. The lowest BCUT2D eigenvalue weighted by atomic mass is 9.93. The second kappa shape index (κ2) is 8.68. The van der Waals surface area contributed by atoms with Crippen LogP contribution in [0.4, 0.5) is 0 Å². The van der Waals surface area contributed by atoms with E-state index in [9.17, 15) is 14.7 Å². The zero-order valence-electron chi connectivity index (χ0n) is 14.2. The topological polar surface area (TPSA) is 84.9 Å². The van der Waals surface area contributed by atoms with E-state index in [0.29, 0.717) is 13.2 Å². The number of carbonyl (C=O) groups excluding carboxylic acids is 1. The van der Waals surface area contributed by atoms with Gasteiger partial charge in [-0.25, -0.2) is 4.79 Å². The van der Waals surface area contributed by atoms with Crippen molar-refractivity contribution >= 4 is 11.9 Å². The number of aliphatic carboxylic acids is 1. The van der Waals surface area contributed by atoms with E-state index in [-0.39, 0.29) is 24.9 Å². The van der Waals surface area contributed by atoms with Gasteiger partial charge >= 0.3 is 5.97 Å². The quantitative estimate of drug-likeness (QED) is 0.797. The molecular formula is C18H25NO5. The van der Waals surface area contributed by atoms with Crippen LogP contribution in [0.1, 0.15) is 30.4 Å². The van der Waals surface area contributed by atoms with E-state index in [1.807, 2.05) is 32.0 Å². The van der Waals surface area contributed by atoms with Gasteiger partial charge in [-0.2, -0.15) is 0 Å². The predicted molar refractivity (Wildman–Crippen MR) is 89.1 cm³/mol. The third kappa shape index (κ3) is 5.23. The Bertz CT molecular complexity index is 581. The van der Waals surface area contributed by atoms with Crippen LogP contribution in [0.2, 0.25) is 0 Å². The molecule has 1 aromatic rings. The monoisotopic (exact) mass is 335 g/mol. The number of amides is 1. The third-order valence-electron chi connectivity index (χ3n) is 4.17. The number of hydrogen-bond donors (Lipinski definition) is 2. The van der Waals surface area contributed by atoms with Crippen molar-refractivity contribution < 1.29 is 24.2 Å². The van der Waals surface area contributed by atoms with Crippen molar-refractivity contribution in [2.45, 2.75) is 39.2 Å². The SMILES string of the molecule is Cc1ccc(OCCC(=O)NC(C(=O)O)C2CCCOC2)c(C)c1. The Balaban J connectivity index is 1.81. The first-order chi connectivity index (χ1) is 11.5. The van der Waals surface area contributed by atoms with Gasteiger partial charge in [0.15, 0.2) is 0 Å². The van der Waals surface area contributed by atoms with Crippen molar-refractivity contribution in [3.05, 3.63) is 29.3 Å². The summed E-state index contributed by atoms with van der Waals surface area (Å²) in [6.07, 6.45) is 1.68. The Morgan fingerprint density at radius 1 is 1.42 bits per heavy atom. The predicted octanol–water partition coefficient (Wildman–Crippen LogP) is 2.07. The van der Waals surface area contributed by atoms with Crippen LogP contribution in [0.15, 0.2) is 18.2 Å². The number of rotatable bonds is 7. The lowest BCUT2D eigenvalue weighted by Gasteiger charge is -2.28. The molecule has 1 aromatic carbocycles. The maximum Gasteiger partial charge on any atom is 0.326 e. The van der Waals surface area contributed by atoms with Crippen LogP contribution in [0, 0.1) is 19.8 Å². The van der Waals surface area contributed by atoms with Crippen molar-refractivity contribution in [1.29, 1.82) is 0 Å². The first-order valence-electron chi connectivity index (χ1n) is 8.27. The van der Waals surface area contributed by atoms with Crippen molar-refractivity contribution in [3.8, 4) is 5.75 Å². The number of aryl methyl sites for hydroxylation is 2. The summed E-state index contributed by atoms with van der Waals surface area (Å²) in [4.78, 5) is 23.4. The fraction of sp³-hybridized carbons (Fsp3) is 0.556. The third-order valence-corrected chi connectivity index (χ3v) is 4.17. The lowest BCUT2D eigenvalue weighted by molar-refractivity contribution is -0.145.